The maximum atomic E-state index is 2.23. The zero-order valence-corrected chi connectivity index (χ0v) is 10.1. The van der Waals surface area contributed by atoms with Crippen molar-refractivity contribution in [3.8, 4) is 0 Å². The van der Waals surface area contributed by atoms with E-state index in [4.69, 9.17) is 0 Å². The van der Waals surface area contributed by atoms with Crippen LogP contribution < -0.4 is 0 Å². The zero-order valence-electron chi connectivity index (χ0n) is 10.1. The molecule has 16 heavy (non-hydrogen) atoms. The van der Waals surface area contributed by atoms with Gasteiger partial charge >= 0.3 is 0 Å². The van der Waals surface area contributed by atoms with Crippen molar-refractivity contribution in [2.45, 2.75) is 20.8 Å². The summed E-state index contributed by atoms with van der Waals surface area (Å²) < 4.78 is 0. The molecule has 0 aliphatic rings. The maximum absolute atomic E-state index is 2.23. The topological polar surface area (TPSA) is 0 Å². The van der Waals surface area contributed by atoms with Crippen LogP contribution in [0.25, 0.3) is 0 Å². The fourth-order valence-electron chi connectivity index (χ4n) is 1.85. The van der Waals surface area contributed by atoms with Crippen molar-refractivity contribution < 1.29 is 0 Å². The minimum atomic E-state index is 1.30. The molecule has 0 heteroatoms. The smallest absolute Gasteiger partial charge is 0.0309 e. The van der Waals surface area contributed by atoms with Gasteiger partial charge in [0.15, 0.2) is 0 Å². The predicted octanol–water partition coefficient (Wildman–Crippen LogP) is 4.29. The molecule has 0 unspecified atom stereocenters. The van der Waals surface area contributed by atoms with Gasteiger partial charge in [0.1, 0.15) is 0 Å². The Morgan fingerprint density at radius 3 is 2.06 bits per heavy atom. The van der Waals surface area contributed by atoms with Gasteiger partial charge in [0, 0.05) is 5.92 Å². The normalized spacial score (nSPS) is 10.8. The van der Waals surface area contributed by atoms with Gasteiger partial charge in [-0.1, -0.05) is 66.6 Å². The van der Waals surface area contributed by atoms with Gasteiger partial charge in [0.05, 0.1) is 0 Å². The van der Waals surface area contributed by atoms with Crippen LogP contribution >= 0.6 is 0 Å². The number of rotatable bonds is 2. The second kappa shape index (κ2) is 4.52. The Morgan fingerprint density at radius 2 is 1.44 bits per heavy atom. The lowest BCUT2D eigenvalue weighted by atomic mass is 9.92. The third-order valence-corrected chi connectivity index (χ3v) is 2.94. The zero-order chi connectivity index (χ0) is 11.5. The predicted molar refractivity (Wildman–Crippen MR) is 69.5 cm³/mol. The average molecular weight is 209 g/mol. The van der Waals surface area contributed by atoms with Gasteiger partial charge in [0.2, 0.25) is 0 Å². The van der Waals surface area contributed by atoms with Crippen molar-refractivity contribution in [2.75, 3.05) is 0 Å². The summed E-state index contributed by atoms with van der Waals surface area (Å²) in [6.07, 6.45) is 0. The van der Waals surface area contributed by atoms with Gasteiger partial charge in [-0.2, -0.15) is 0 Å². The highest BCUT2D eigenvalue weighted by Gasteiger charge is 2.08. The third-order valence-electron chi connectivity index (χ3n) is 2.94. The van der Waals surface area contributed by atoms with Crippen molar-refractivity contribution in [3.63, 3.8) is 0 Å². The standard InChI is InChI=1S/C16H17/c1-12-7-9-15(10-8-12)14(3)16-6-4-5-13(2)11-16/h4-11H,1-3H3. The molecule has 0 heterocycles. The summed E-state index contributed by atoms with van der Waals surface area (Å²) in [7, 11) is 0. The van der Waals surface area contributed by atoms with Gasteiger partial charge in [-0.05, 0) is 25.0 Å². The second-order valence-electron chi connectivity index (χ2n) is 4.36. The van der Waals surface area contributed by atoms with E-state index in [9.17, 15) is 0 Å². The SMILES string of the molecule is C[C](c1ccc(C)cc1)c1cccc(C)c1. The van der Waals surface area contributed by atoms with Crippen molar-refractivity contribution in [3.05, 3.63) is 76.7 Å². The van der Waals surface area contributed by atoms with Gasteiger partial charge in [-0.25, -0.2) is 0 Å². The van der Waals surface area contributed by atoms with Crippen LogP contribution in [-0.4, -0.2) is 0 Å². The Kier molecular flexibility index (Phi) is 3.09. The highest BCUT2D eigenvalue weighted by Crippen LogP contribution is 2.23. The molecule has 2 aromatic carbocycles. The quantitative estimate of drug-likeness (QED) is 0.692. The first-order valence-electron chi connectivity index (χ1n) is 5.64. The van der Waals surface area contributed by atoms with Gasteiger partial charge in [-0.3, -0.25) is 0 Å². The van der Waals surface area contributed by atoms with E-state index in [-0.39, 0.29) is 0 Å². The van der Waals surface area contributed by atoms with E-state index in [1.807, 2.05) is 0 Å². The van der Waals surface area contributed by atoms with E-state index >= 15 is 0 Å². The molecule has 0 amide bonds. The Hall–Kier alpha value is -1.56. The minimum absolute atomic E-state index is 1.30. The van der Waals surface area contributed by atoms with E-state index in [1.54, 1.807) is 0 Å². The lowest BCUT2D eigenvalue weighted by molar-refractivity contribution is 1.18. The molecular formula is C16H17. The van der Waals surface area contributed by atoms with E-state index in [0.717, 1.165) is 0 Å². The Bertz CT molecular complexity index is 466. The number of benzene rings is 2. The summed E-state index contributed by atoms with van der Waals surface area (Å²) in [5.41, 5.74) is 5.23. The molecule has 1 radical (unpaired) electrons. The molecule has 0 aliphatic carbocycles. The lowest BCUT2D eigenvalue weighted by Crippen LogP contribution is -1.97. The summed E-state index contributed by atoms with van der Waals surface area (Å²) in [6.45, 7) is 6.43. The summed E-state index contributed by atoms with van der Waals surface area (Å²) in [4.78, 5) is 0. The van der Waals surface area contributed by atoms with Gasteiger partial charge < -0.3 is 0 Å². The summed E-state index contributed by atoms with van der Waals surface area (Å²) in [5, 5.41) is 0. The summed E-state index contributed by atoms with van der Waals surface area (Å²) in [5.74, 6) is 1.34. The molecule has 0 N–H and O–H groups in total. The van der Waals surface area contributed by atoms with Crippen LogP contribution in [-0.2, 0) is 0 Å². The van der Waals surface area contributed by atoms with Crippen LogP contribution in [0.5, 0.6) is 0 Å². The molecule has 0 fully saturated rings. The Labute approximate surface area is 97.9 Å². The molecule has 0 saturated heterocycles. The van der Waals surface area contributed by atoms with E-state index in [1.165, 1.54) is 28.2 Å². The van der Waals surface area contributed by atoms with Crippen LogP contribution in [0.2, 0.25) is 0 Å². The molecule has 0 bridgehead atoms. The van der Waals surface area contributed by atoms with Crippen molar-refractivity contribution >= 4 is 0 Å². The van der Waals surface area contributed by atoms with E-state index in [0.29, 0.717) is 0 Å². The van der Waals surface area contributed by atoms with Crippen LogP contribution in [0.1, 0.15) is 29.2 Å². The Balaban J connectivity index is 2.31. The van der Waals surface area contributed by atoms with Gasteiger partial charge in [-0.15, -0.1) is 0 Å². The minimum Gasteiger partial charge on any atom is -0.0617 e. The average Bonchev–Trinajstić information content (AvgIpc) is 2.29. The molecule has 0 atom stereocenters. The van der Waals surface area contributed by atoms with E-state index < -0.39 is 0 Å². The first-order valence-corrected chi connectivity index (χ1v) is 5.64. The van der Waals surface area contributed by atoms with E-state index in [2.05, 4.69) is 69.3 Å². The van der Waals surface area contributed by atoms with Crippen LogP contribution in [0.4, 0.5) is 0 Å². The van der Waals surface area contributed by atoms with Crippen molar-refractivity contribution in [1.82, 2.24) is 0 Å². The maximum Gasteiger partial charge on any atom is 0.0309 e. The number of aryl methyl sites for hydroxylation is 2. The third kappa shape index (κ3) is 2.33. The first-order chi connectivity index (χ1) is 7.66. The highest BCUT2D eigenvalue weighted by molar-refractivity contribution is 5.45. The molecule has 0 spiro atoms. The highest BCUT2D eigenvalue weighted by atomic mass is 14.1. The van der Waals surface area contributed by atoms with Crippen molar-refractivity contribution in [2.24, 2.45) is 0 Å². The molecule has 0 aromatic heterocycles. The largest absolute Gasteiger partial charge is 0.0617 e. The fraction of sp³-hybridized carbons (Fsp3) is 0.188. The van der Waals surface area contributed by atoms with Crippen LogP contribution in [0.3, 0.4) is 0 Å². The molecule has 2 aromatic rings. The Morgan fingerprint density at radius 1 is 0.750 bits per heavy atom. The molecule has 2 rings (SSSR count). The lowest BCUT2D eigenvalue weighted by Gasteiger charge is -2.12. The summed E-state index contributed by atoms with van der Waals surface area (Å²) in [6, 6.07) is 17.3. The van der Waals surface area contributed by atoms with Crippen LogP contribution in [0.15, 0.2) is 48.5 Å². The summed E-state index contributed by atoms with van der Waals surface area (Å²) >= 11 is 0. The van der Waals surface area contributed by atoms with Gasteiger partial charge in [0.25, 0.3) is 0 Å². The number of hydrogen-bond donors (Lipinski definition) is 0. The fourth-order valence-corrected chi connectivity index (χ4v) is 1.85. The molecular weight excluding hydrogens is 192 g/mol. The molecule has 81 valence electrons. The monoisotopic (exact) mass is 209 g/mol. The molecule has 0 saturated carbocycles. The molecule has 0 aliphatic heterocycles. The number of hydrogen-bond acceptors (Lipinski definition) is 0. The van der Waals surface area contributed by atoms with Crippen LogP contribution in [0, 0.1) is 19.8 Å². The second-order valence-corrected chi connectivity index (χ2v) is 4.36. The first kappa shape index (κ1) is 10.9. The van der Waals surface area contributed by atoms with Crippen molar-refractivity contribution in [1.29, 1.82) is 0 Å². The molecule has 0 nitrogen and oxygen atoms in total.